The summed E-state index contributed by atoms with van der Waals surface area (Å²) in [6, 6.07) is 6.95. The molecule has 0 atom stereocenters. The molecule has 2 rings (SSSR count). The van der Waals surface area contributed by atoms with Crippen LogP contribution in [0, 0.1) is 23.6 Å². The Morgan fingerprint density at radius 1 is 1.09 bits per heavy atom. The van der Waals surface area contributed by atoms with E-state index in [2.05, 4.69) is 18.7 Å². The molecule has 22 heavy (non-hydrogen) atoms. The molecule has 0 heterocycles. The monoisotopic (exact) mass is 306 g/mol. The molecule has 1 aliphatic carbocycles. The normalized spacial score (nSPS) is 22.5. The largest absolute Gasteiger partial charge is 0.330 e. The van der Waals surface area contributed by atoms with Crippen molar-refractivity contribution in [1.82, 2.24) is 4.90 Å². The molecule has 0 unspecified atom stereocenters. The Balaban J connectivity index is 1.90. The Kier molecular flexibility index (Phi) is 6.84. The average molecular weight is 306 g/mol. The second-order valence-corrected chi connectivity index (χ2v) is 7.34. The van der Waals surface area contributed by atoms with E-state index in [1.54, 1.807) is 12.1 Å². The van der Waals surface area contributed by atoms with Gasteiger partial charge in [0.15, 0.2) is 0 Å². The van der Waals surface area contributed by atoms with Crippen LogP contribution in [0.3, 0.4) is 0 Å². The smallest absolute Gasteiger partial charge is 0.123 e. The van der Waals surface area contributed by atoms with Gasteiger partial charge in [-0.1, -0.05) is 26.0 Å². The van der Waals surface area contributed by atoms with Crippen LogP contribution in [0.2, 0.25) is 0 Å². The Labute approximate surface area is 134 Å². The van der Waals surface area contributed by atoms with Crippen molar-refractivity contribution in [2.75, 3.05) is 19.6 Å². The van der Waals surface area contributed by atoms with Crippen LogP contribution < -0.4 is 5.73 Å². The lowest BCUT2D eigenvalue weighted by molar-refractivity contribution is 0.162. The zero-order chi connectivity index (χ0) is 15.9. The van der Waals surface area contributed by atoms with Gasteiger partial charge in [0.2, 0.25) is 0 Å². The minimum atomic E-state index is -0.153. The molecule has 0 aromatic heterocycles. The van der Waals surface area contributed by atoms with E-state index in [-0.39, 0.29) is 5.82 Å². The quantitative estimate of drug-likeness (QED) is 0.823. The Morgan fingerprint density at radius 2 is 1.68 bits per heavy atom. The van der Waals surface area contributed by atoms with Crippen molar-refractivity contribution in [1.29, 1.82) is 0 Å². The predicted molar refractivity (Wildman–Crippen MR) is 91.0 cm³/mol. The van der Waals surface area contributed by atoms with Gasteiger partial charge in [0.1, 0.15) is 5.82 Å². The van der Waals surface area contributed by atoms with E-state index in [9.17, 15) is 4.39 Å². The number of nitrogens with two attached hydrogens (primary N) is 1. The number of benzene rings is 1. The van der Waals surface area contributed by atoms with Crippen LogP contribution in [0.1, 0.15) is 45.1 Å². The molecule has 0 spiro atoms. The first-order chi connectivity index (χ1) is 10.6. The average Bonchev–Trinajstić information content (AvgIpc) is 2.50. The third kappa shape index (κ3) is 5.69. The van der Waals surface area contributed by atoms with Crippen LogP contribution in [0.25, 0.3) is 0 Å². The van der Waals surface area contributed by atoms with Crippen LogP contribution >= 0.6 is 0 Å². The summed E-state index contributed by atoms with van der Waals surface area (Å²) >= 11 is 0. The van der Waals surface area contributed by atoms with E-state index < -0.39 is 0 Å². The van der Waals surface area contributed by atoms with Gasteiger partial charge >= 0.3 is 0 Å². The maximum Gasteiger partial charge on any atom is 0.123 e. The topological polar surface area (TPSA) is 29.3 Å². The van der Waals surface area contributed by atoms with Gasteiger partial charge in [0.05, 0.1) is 0 Å². The molecule has 3 heteroatoms. The molecule has 1 fully saturated rings. The minimum Gasteiger partial charge on any atom is -0.330 e. The molecule has 1 aromatic carbocycles. The zero-order valence-corrected chi connectivity index (χ0v) is 14.1. The Bertz CT molecular complexity index is 422. The molecule has 2 N–H and O–H groups in total. The van der Waals surface area contributed by atoms with E-state index >= 15 is 0 Å². The van der Waals surface area contributed by atoms with Crippen molar-refractivity contribution in [2.24, 2.45) is 23.5 Å². The number of hydrogen-bond donors (Lipinski definition) is 1. The third-order valence-corrected chi connectivity index (χ3v) is 4.76. The summed E-state index contributed by atoms with van der Waals surface area (Å²) in [4.78, 5) is 2.55. The first-order valence-electron chi connectivity index (χ1n) is 8.73. The van der Waals surface area contributed by atoms with Gasteiger partial charge in [0, 0.05) is 19.6 Å². The lowest BCUT2D eigenvalue weighted by atomic mass is 9.81. The van der Waals surface area contributed by atoms with Gasteiger partial charge in [-0.2, -0.15) is 0 Å². The van der Waals surface area contributed by atoms with Gasteiger partial charge in [-0.25, -0.2) is 4.39 Å². The number of hydrogen-bond acceptors (Lipinski definition) is 2. The molecule has 1 saturated carbocycles. The molecule has 1 aromatic rings. The van der Waals surface area contributed by atoms with Gasteiger partial charge in [-0.3, -0.25) is 4.90 Å². The highest BCUT2D eigenvalue weighted by Crippen LogP contribution is 2.29. The lowest BCUT2D eigenvalue weighted by Crippen LogP contribution is -2.34. The molecule has 0 amide bonds. The van der Waals surface area contributed by atoms with Crippen LogP contribution in [0.15, 0.2) is 24.3 Å². The Hall–Kier alpha value is -0.930. The fourth-order valence-electron chi connectivity index (χ4n) is 3.58. The summed E-state index contributed by atoms with van der Waals surface area (Å²) in [5.74, 6) is 2.04. The maximum absolute atomic E-state index is 13.1. The summed E-state index contributed by atoms with van der Waals surface area (Å²) in [6.45, 7) is 8.57. The summed E-state index contributed by atoms with van der Waals surface area (Å²) in [6.07, 6.45) is 5.18. The van der Waals surface area contributed by atoms with Gasteiger partial charge in [-0.15, -0.1) is 0 Å². The number of halogens is 1. The first-order valence-corrected chi connectivity index (χ1v) is 8.73. The SMILES string of the molecule is CC(C)CN(Cc1ccc(F)cc1)CC1CCC(CN)CC1. The highest BCUT2D eigenvalue weighted by molar-refractivity contribution is 5.15. The highest BCUT2D eigenvalue weighted by Gasteiger charge is 2.22. The highest BCUT2D eigenvalue weighted by atomic mass is 19.1. The molecule has 0 radical (unpaired) electrons. The van der Waals surface area contributed by atoms with E-state index in [0.29, 0.717) is 5.92 Å². The second-order valence-electron chi connectivity index (χ2n) is 7.34. The van der Waals surface area contributed by atoms with E-state index in [0.717, 1.165) is 38.0 Å². The zero-order valence-electron chi connectivity index (χ0n) is 14.1. The van der Waals surface area contributed by atoms with Gasteiger partial charge in [-0.05, 0) is 67.7 Å². The molecule has 2 nitrogen and oxygen atoms in total. The molecular formula is C19H31FN2. The summed E-state index contributed by atoms with van der Waals surface area (Å²) in [5.41, 5.74) is 7.00. The number of rotatable bonds is 7. The molecule has 124 valence electrons. The van der Waals surface area contributed by atoms with Gasteiger partial charge < -0.3 is 5.73 Å². The van der Waals surface area contributed by atoms with Crippen molar-refractivity contribution in [3.63, 3.8) is 0 Å². The molecule has 0 saturated heterocycles. The van der Waals surface area contributed by atoms with E-state index in [1.165, 1.54) is 31.2 Å². The molecule has 0 aliphatic heterocycles. The molecular weight excluding hydrogens is 275 g/mol. The van der Waals surface area contributed by atoms with Crippen molar-refractivity contribution in [2.45, 2.75) is 46.1 Å². The summed E-state index contributed by atoms with van der Waals surface area (Å²) < 4.78 is 13.1. The van der Waals surface area contributed by atoms with Crippen molar-refractivity contribution < 1.29 is 4.39 Å². The predicted octanol–water partition coefficient (Wildman–Crippen LogP) is 4.05. The minimum absolute atomic E-state index is 0.153. The first kappa shape index (κ1) is 17.4. The fraction of sp³-hybridized carbons (Fsp3) is 0.684. The molecule has 1 aliphatic rings. The van der Waals surface area contributed by atoms with Crippen molar-refractivity contribution in [3.05, 3.63) is 35.6 Å². The number of nitrogens with zero attached hydrogens (tertiary/aromatic N) is 1. The van der Waals surface area contributed by atoms with E-state index in [4.69, 9.17) is 5.73 Å². The standard InChI is InChI=1S/C19H31FN2/c1-15(2)12-22(14-18-7-9-19(20)10-8-18)13-17-5-3-16(11-21)4-6-17/h7-10,15-17H,3-6,11-14,21H2,1-2H3. The van der Waals surface area contributed by atoms with Gasteiger partial charge in [0.25, 0.3) is 0 Å². The molecule has 0 bridgehead atoms. The van der Waals surface area contributed by atoms with Crippen LogP contribution in [0.4, 0.5) is 4.39 Å². The van der Waals surface area contributed by atoms with E-state index in [1.807, 2.05) is 12.1 Å². The maximum atomic E-state index is 13.1. The van der Waals surface area contributed by atoms with Crippen LogP contribution in [-0.2, 0) is 6.54 Å². The summed E-state index contributed by atoms with van der Waals surface area (Å²) in [5, 5.41) is 0. The van der Waals surface area contributed by atoms with Crippen molar-refractivity contribution in [3.8, 4) is 0 Å². The second kappa shape index (κ2) is 8.64. The summed E-state index contributed by atoms with van der Waals surface area (Å²) in [7, 11) is 0. The third-order valence-electron chi connectivity index (χ3n) is 4.76. The lowest BCUT2D eigenvalue weighted by Gasteiger charge is -2.33. The van der Waals surface area contributed by atoms with Crippen molar-refractivity contribution >= 4 is 0 Å². The fourth-order valence-corrected chi connectivity index (χ4v) is 3.58. The van der Waals surface area contributed by atoms with Crippen LogP contribution in [-0.4, -0.2) is 24.5 Å². The Morgan fingerprint density at radius 3 is 2.23 bits per heavy atom. The van der Waals surface area contributed by atoms with Crippen LogP contribution in [0.5, 0.6) is 0 Å².